The number of hydrogen-bond donors (Lipinski definition) is 3. The van der Waals surface area contributed by atoms with E-state index in [-0.39, 0.29) is 29.8 Å². The molecule has 13 heteroatoms. The number of anilines is 3. The quantitative estimate of drug-likeness (QED) is 0.370. The molecule has 0 atom stereocenters. The van der Waals surface area contributed by atoms with Crippen molar-refractivity contribution in [3.05, 3.63) is 35.5 Å². The number of piperidine rings is 1. The standard InChI is InChI=1S/C23H25F6N7/c24-22(25,26)13-9-14(23(27,28)29)11-16(10-13)33-21-34-18-12-31-20(32-15-3-1-2-4-15)35-19(18)36(21)17-5-7-30-8-6-17/h9-12,15,17,30H,1-8H2,(H,33,34)(H,31,32,35). The van der Waals surface area contributed by atoms with Gasteiger partial charge in [-0.1, -0.05) is 12.8 Å². The summed E-state index contributed by atoms with van der Waals surface area (Å²) in [5.74, 6) is 0.547. The van der Waals surface area contributed by atoms with Crippen LogP contribution in [0.4, 0.5) is 43.9 Å². The molecule has 0 unspecified atom stereocenters. The third-order valence-corrected chi connectivity index (χ3v) is 6.64. The van der Waals surface area contributed by atoms with Gasteiger partial charge in [-0.3, -0.25) is 4.57 Å². The lowest BCUT2D eigenvalue weighted by Crippen LogP contribution is -2.30. The summed E-state index contributed by atoms with van der Waals surface area (Å²) in [5, 5.41) is 9.30. The van der Waals surface area contributed by atoms with Gasteiger partial charge in [0.2, 0.25) is 11.9 Å². The second kappa shape index (κ2) is 9.41. The van der Waals surface area contributed by atoms with Gasteiger partial charge in [-0.2, -0.15) is 31.3 Å². The maximum absolute atomic E-state index is 13.4. The highest BCUT2D eigenvalue weighted by Crippen LogP contribution is 2.39. The summed E-state index contributed by atoms with van der Waals surface area (Å²) in [6.45, 7) is 1.42. The first-order chi connectivity index (χ1) is 17.1. The van der Waals surface area contributed by atoms with E-state index in [9.17, 15) is 26.3 Å². The SMILES string of the molecule is FC(F)(F)c1cc(Nc2nc3cnc(NC4CCCC4)nc3n2C2CCNCC2)cc(C(F)(F)F)c1. The molecule has 1 aromatic carbocycles. The van der Waals surface area contributed by atoms with E-state index in [4.69, 9.17) is 0 Å². The number of benzene rings is 1. The molecule has 1 aliphatic heterocycles. The van der Waals surface area contributed by atoms with Crippen LogP contribution in [0.5, 0.6) is 0 Å². The maximum atomic E-state index is 13.4. The summed E-state index contributed by atoms with van der Waals surface area (Å²) in [5.41, 5.74) is -2.28. The molecule has 3 heterocycles. The van der Waals surface area contributed by atoms with Crippen LogP contribution in [0.1, 0.15) is 55.7 Å². The first-order valence-electron chi connectivity index (χ1n) is 11.9. The number of nitrogens with one attached hydrogen (secondary N) is 3. The molecule has 0 amide bonds. The molecular weight excluding hydrogens is 488 g/mol. The summed E-state index contributed by atoms with van der Waals surface area (Å²) in [7, 11) is 0. The topological polar surface area (TPSA) is 79.7 Å². The highest BCUT2D eigenvalue weighted by Gasteiger charge is 2.37. The summed E-state index contributed by atoms with van der Waals surface area (Å²) in [4.78, 5) is 13.4. The predicted molar refractivity (Wildman–Crippen MR) is 122 cm³/mol. The molecule has 1 saturated carbocycles. The average molecular weight is 513 g/mol. The van der Waals surface area contributed by atoms with Crippen molar-refractivity contribution < 1.29 is 26.3 Å². The normalized spacial score (nSPS) is 18.2. The smallest absolute Gasteiger partial charge is 0.351 e. The van der Waals surface area contributed by atoms with Crippen LogP contribution in [-0.4, -0.2) is 38.7 Å². The number of aromatic nitrogens is 4. The first kappa shape index (κ1) is 24.6. The summed E-state index contributed by atoms with van der Waals surface area (Å²) < 4.78 is 82.0. The van der Waals surface area contributed by atoms with Gasteiger partial charge in [-0.25, -0.2) is 9.97 Å². The fourth-order valence-electron chi connectivity index (χ4n) is 4.87. The van der Waals surface area contributed by atoms with Crippen molar-refractivity contribution in [2.45, 2.75) is 63.0 Å². The van der Waals surface area contributed by atoms with E-state index in [0.717, 1.165) is 25.7 Å². The van der Waals surface area contributed by atoms with Crippen LogP contribution >= 0.6 is 0 Å². The molecule has 3 N–H and O–H groups in total. The van der Waals surface area contributed by atoms with Crippen molar-refractivity contribution in [3.8, 4) is 0 Å². The molecule has 1 aliphatic carbocycles. The van der Waals surface area contributed by atoms with Gasteiger partial charge in [0.1, 0.15) is 5.52 Å². The molecule has 2 aliphatic rings. The summed E-state index contributed by atoms with van der Waals surface area (Å²) in [6, 6.07) is 1.58. The van der Waals surface area contributed by atoms with E-state index in [1.165, 1.54) is 6.20 Å². The lowest BCUT2D eigenvalue weighted by atomic mass is 10.1. The van der Waals surface area contributed by atoms with E-state index < -0.39 is 23.5 Å². The van der Waals surface area contributed by atoms with E-state index in [1.54, 1.807) is 4.57 Å². The third-order valence-electron chi connectivity index (χ3n) is 6.64. The maximum Gasteiger partial charge on any atom is 0.416 e. The fraction of sp³-hybridized carbons (Fsp3) is 0.522. The van der Waals surface area contributed by atoms with Gasteiger partial charge in [0, 0.05) is 17.8 Å². The van der Waals surface area contributed by atoms with Gasteiger partial charge < -0.3 is 16.0 Å². The monoisotopic (exact) mass is 513 g/mol. The van der Waals surface area contributed by atoms with E-state index in [1.807, 2.05) is 0 Å². The largest absolute Gasteiger partial charge is 0.416 e. The molecule has 194 valence electrons. The second-order valence-corrected chi connectivity index (χ2v) is 9.23. The molecular formula is C23H25F6N7. The van der Waals surface area contributed by atoms with Crippen molar-refractivity contribution in [2.24, 2.45) is 0 Å². The number of rotatable bonds is 5. The first-order valence-corrected chi connectivity index (χ1v) is 11.9. The highest BCUT2D eigenvalue weighted by atomic mass is 19.4. The van der Waals surface area contributed by atoms with Crippen LogP contribution in [0.2, 0.25) is 0 Å². The Morgan fingerprint density at radius 1 is 0.861 bits per heavy atom. The number of fused-ring (bicyclic) bond motifs is 1. The Morgan fingerprint density at radius 3 is 2.11 bits per heavy atom. The minimum atomic E-state index is -4.95. The Labute approximate surface area is 202 Å². The van der Waals surface area contributed by atoms with Crippen molar-refractivity contribution in [3.63, 3.8) is 0 Å². The Kier molecular flexibility index (Phi) is 6.43. The number of halogens is 6. The zero-order chi connectivity index (χ0) is 25.5. The molecule has 0 spiro atoms. The van der Waals surface area contributed by atoms with Crippen molar-refractivity contribution in [1.29, 1.82) is 0 Å². The summed E-state index contributed by atoms with van der Waals surface area (Å²) >= 11 is 0. The molecule has 7 nitrogen and oxygen atoms in total. The van der Waals surface area contributed by atoms with Crippen LogP contribution < -0.4 is 16.0 Å². The average Bonchev–Trinajstić information content (AvgIpc) is 3.45. The van der Waals surface area contributed by atoms with Crippen LogP contribution in [0.15, 0.2) is 24.4 Å². The van der Waals surface area contributed by atoms with E-state index in [0.29, 0.717) is 55.2 Å². The number of imidazole rings is 1. The van der Waals surface area contributed by atoms with Crippen LogP contribution in [0, 0.1) is 0 Å². The van der Waals surface area contributed by atoms with Crippen molar-refractivity contribution in [2.75, 3.05) is 23.7 Å². The third kappa shape index (κ3) is 5.20. The minimum Gasteiger partial charge on any atom is -0.351 e. The highest BCUT2D eigenvalue weighted by molar-refractivity contribution is 5.77. The van der Waals surface area contributed by atoms with Gasteiger partial charge in [-0.05, 0) is 57.0 Å². The molecule has 0 bridgehead atoms. The number of nitrogens with zero attached hydrogens (tertiary/aromatic N) is 4. The Bertz CT molecular complexity index is 1190. The van der Waals surface area contributed by atoms with Gasteiger partial charge in [0.05, 0.1) is 17.3 Å². The molecule has 0 radical (unpaired) electrons. The predicted octanol–water partition coefficient (Wildman–Crippen LogP) is 5.89. The fourth-order valence-corrected chi connectivity index (χ4v) is 4.87. The number of alkyl halides is 6. The van der Waals surface area contributed by atoms with Gasteiger partial charge in [0.25, 0.3) is 0 Å². The van der Waals surface area contributed by atoms with Crippen molar-refractivity contribution >= 4 is 28.7 Å². The minimum absolute atomic E-state index is 0.0964. The Balaban J connectivity index is 1.57. The number of hydrogen-bond acceptors (Lipinski definition) is 6. The van der Waals surface area contributed by atoms with E-state index >= 15 is 0 Å². The lowest BCUT2D eigenvalue weighted by Gasteiger charge is -2.26. The second-order valence-electron chi connectivity index (χ2n) is 9.23. The molecule has 5 rings (SSSR count). The lowest BCUT2D eigenvalue weighted by molar-refractivity contribution is -0.143. The molecule has 2 aromatic heterocycles. The zero-order valence-corrected chi connectivity index (χ0v) is 19.2. The Hall–Kier alpha value is -3.09. The van der Waals surface area contributed by atoms with E-state index in [2.05, 4.69) is 30.9 Å². The van der Waals surface area contributed by atoms with Crippen LogP contribution in [0.3, 0.4) is 0 Å². The molecule has 3 aromatic rings. The summed E-state index contributed by atoms with van der Waals surface area (Å²) in [6.07, 6.45) is -2.70. The molecule has 2 fully saturated rings. The molecule has 36 heavy (non-hydrogen) atoms. The molecule has 1 saturated heterocycles. The van der Waals surface area contributed by atoms with Gasteiger partial charge >= 0.3 is 12.4 Å². The Morgan fingerprint density at radius 2 is 1.50 bits per heavy atom. The van der Waals surface area contributed by atoms with Gasteiger partial charge in [-0.15, -0.1) is 0 Å². The zero-order valence-electron chi connectivity index (χ0n) is 19.2. The van der Waals surface area contributed by atoms with Crippen LogP contribution in [-0.2, 0) is 12.4 Å². The van der Waals surface area contributed by atoms with Crippen LogP contribution in [0.25, 0.3) is 11.2 Å². The van der Waals surface area contributed by atoms with Crippen molar-refractivity contribution in [1.82, 2.24) is 24.8 Å². The van der Waals surface area contributed by atoms with Gasteiger partial charge in [0.15, 0.2) is 5.65 Å².